The summed E-state index contributed by atoms with van der Waals surface area (Å²) < 4.78 is 0. The van der Waals surface area contributed by atoms with Crippen LogP contribution >= 0.6 is 0 Å². The zero-order valence-electron chi connectivity index (χ0n) is 12.7. The van der Waals surface area contributed by atoms with Crippen molar-refractivity contribution in [1.82, 2.24) is 10.2 Å². The highest BCUT2D eigenvalue weighted by molar-refractivity contribution is 4.89. The maximum atomic E-state index is 3.94. The van der Waals surface area contributed by atoms with Crippen molar-refractivity contribution in [2.75, 3.05) is 19.6 Å². The van der Waals surface area contributed by atoms with Crippen molar-refractivity contribution in [3.8, 4) is 0 Å². The molecule has 3 fully saturated rings. The van der Waals surface area contributed by atoms with E-state index in [0.29, 0.717) is 6.04 Å². The quantitative estimate of drug-likeness (QED) is 0.818. The van der Waals surface area contributed by atoms with Crippen molar-refractivity contribution in [1.29, 1.82) is 0 Å². The summed E-state index contributed by atoms with van der Waals surface area (Å²) in [5, 5.41) is 3.94. The first-order valence-electron chi connectivity index (χ1n) is 8.79. The van der Waals surface area contributed by atoms with E-state index in [2.05, 4.69) is 17.1 Å². The monoisotopic (exact) mass is 264 g/mol. The Morgan fingerprint density at radius 1 is 0.947 bits per heavy atom. The number of nitrogens with one attached hydrogen (secondary N) is 1. The second kappa shape index (κ2) is 6.58. The van der Waals surface area contributed by atoms with Crippen LogP contribution in [0.2, 0.25) is 0 Å². The van der Waals surface area contributed by atoms with Gasteiger partial charge in [0.25, 0.3) is 0 Å². The van der Waals surface area contributed by atoms with Crippen molar-refractivity contribution in [2.45, 2.75) is 76.8 Å². The van der Waals surface area contributed by atoms with Gasteiger partial charge in [-0.3, -0.25) is 0 Å². The largest absolute Gasteiger partial charge is 0.310 e. The maximum absolute atomic E-state index is 3.94. The van der Waals surface area contributed by atoms with E-state index in [-0.39, 0.29) is 0 Å². The molecule has 3 rings (SSSR count). The van der Waals surface area contributed by atoms with Crippen LogP contribution in [0.1, 0.15) is 64.7 Å². The third-order valence-electron chi connectivity index (χ3n) is 5.50. The van der Waals surface area contributed by atoms with E-state index < -0.39 is 0 Å². The van der Waals surface area contributed by atoms with Gasteiger partial charge in [0.15, 0.2) is 0 Å². The number of nitrogens with zero attached hydrogens (tertiary/aromatic N) is 1. The van der Waals surface area contributed by atoms with Gasteiger partial charge in [-0.05, 0) is 70.4 Å². The summed E-state index contributed by atoms with van der Waals surface area (Å²) in [4.78, 5) is 2.67. The van der Waals surface area contributed by atoms with E-state index in [1.165, 1.54) is 77.4 Å². The Labute approximate surface area is 119 Å². The summed E-state index contributed by atoms with van der Waals surface area (Å²) in [7, 11) is 0. The molecule has 3 aliphatic rings. The van der Waals surface area contributed by atoms with Crippen molar-refractivity contribution < 1.29 is 0 Å². The maximum Gasteiger partial charge on any atom is 0.0169 e. The van der Waals surface area contributed by atoms with Gasteiger partial charge >= 0.3 is 0 Å². The van der Waals surface area contributed by atoms with Crippen LogP contribution in [-0.2, 0) is 0 Å². The first-order valence-corrected chi connectivity index (χ1v) is 8.79. The molecule has 2 aliphatic carbocycles. The van der Waals surface area contributed by atoms with E-state index >= 15 is 0 Å². The number of rotatable bonds is 5. The fraction of sp³-hybridized carbons (Fsp3) is 1.00. The van der Waals surface area contributed by atoms with E-state index in [1.54, 1.807) is 0 Å². The van der Waals surface area contributed by atoms with Crippen LogP contribution in [0.25, 0.3) is 0 Å². The van der Waals surface area contributed by atoms with E-state index in [4.69, 9.17) is 0 Å². The fourth-order valence-electron chi connectivity index (χ4n) is 4.36. The molecular weight excluding hydrogens is 232 g/mol. The zero-order valence-corrected chi connectivity index (χ0v) is 12.7. The second-order valence-corrected chi connectivity index (χ2v) is 7.39. The topological polar surface area (TPSA) is 15.3 Å². The first kappa shape index (κ1) is 13.9. The molecule has 0 radical (unpaired) electrons. The smallest absolute Gasteiger partial charge is 0.0169 e. The predicted octanol–water partition coefficient (Wildman–Crippen LogP) is 3.42. The minimum Gasteiger partial charge on any atom is -0.310 e. The molecule has 1 heterocycles. The molecular formula is C17H32N2. The normalized spacial score (nSPS) is 35.2. The molecule has 0 aromatic rings. The molecule has 0 bridgehead atoms. The van der Waals surface area contributed by atoms with Gasteiger partial charge in [-0.15, -0.1) is 0 Å². The number of likely N-dealkylation sites (tertiary alicyclic amines) is 1. The Morgan fingerprint density at radius 3 is 2.47 bits per heavy atom. The van der Waals surface area contributed by atoms with Gasteiger partial charge in [0.2, 0.25) is 0 Å². The summed E-state index contributed by atoms with van der Waals surface area (Å²) in [6.45, 7) is 6.34. The standard InChI is InChI=1S/C17H32N2/c1-14(13-19-10-3-2-4-11-19)18-17-7-5-6-16(12-17)15-8-9-15/h14-18H,2-13H2,1H3. The Morgan fingerprint density at radius 2 is 1.74 bits per heavy atom. The molecule has 2 nitrogen and oxygen atoms in total. The molecule has 1 N–H and O–H groups in total. The van der Waals surface area contributed by atoms with Crippen molar-refractivity contribution in [3.05, 3.63) is 0 Å². The van der Waals surface area contributed by atoms with Crippen LogP contribution < -0.4 is 5.32 Å². The molecule has 2 saturated carbocycles. The van der Waals surface area contributed by atoms with Gasteiger partial charge in [0, 0.05) is 18.6 Å². The van der Waals surface area contributed by atoms with Crippen LogP contribution in [0.4, 0.5) is 0 Å². The van der Waals surface area contributed by atoms with Gasteiger partial charge in [0.05, 0.1) is 0 Å². The number of hydrogen-bond donors (Lipinski definition) is 1. The van der Waals surface area contributed by atoms with Gasteiger partial charge < -0.3 is 10.2 Å². The second-order valence-electron chi connectivity index (χ2n) is 7.39. The lowest BCUT2D eigenvalue weighted by atomic mass is 9.82. The van der Waals surface area contributed by atoms with Gasteiger partial charge in [-0.1, -0.05) is 19.3 Å². The third kappa shape index (κ3) is 4.19. The third-order valence-corrected chi connectivity index (χ3v) is 5.50. The van der Waals surface area contributed by atoms with E-state index in [0.717, 1.165) is 17.9 Å². The summed E-state index contributed by atoms with van der Waals surface area (Å²) >= 11 is 0. The van der Waals surface area contributed by atoms with Crippen LogP contribution in [0, 0.1) is 11.8 Å². The van der Waals surface area contributed by atoms with Crippen LogP contribution in [0.5, 0.6) is 0 Å². The first-order chi connectivity index (χ1) is 9.31. The zero-order chi connectivity index (χ0) is 13.1. The SMILES string of the molecule is CC(CN1CCCCC1)NC1CCCC(C2CC2)C1. The number of hydrogen-bond acceptors (Lipinski definition) is 2. The van der Waals surface area contributed by atoms with Gasteiger partial charge in [-0.2, -0.15) is 0 Å². The van der Waals surface area contributed by atoms with E-state index in [1.807, 2.05) is 0 Å². The lowest BCUT2D eigenvalue weighted by Crippen LogP contribution is -2.46. The summed E-state index contributed by atoms with van der Waals surface area (Å²) in [6.07, 6.45) is 13.2. The molecule has 1 aliphatic heterocycles. The molecule has 0 aromatic carbocycles. The molecule has 1 saturated heterocycles. The van der Waals surface area contributed by atoms with Crippen LogP contribution in [0.3, 0.4) is 0 Å². The number of piperidine rings is 1. The van der Waals surface area contributed by atoms with Crippen molar-refractivity contribution >= 4 is 0 Å². The molecule has 3 unspecified atom stereocenters. The minimum absolute atomic E-state index is 0.682. The molecule has 2 heteroatoms. The Kier molecular flexibility index (Phi) is 4.81. The average molecular weight is 264 g/mol. The van der Waals surface area contributed by atoms with Crippen molar-refractivity contribution in [2.24, 2.45) is 11.8 Å². The highest BCUT2D eigenvalue weighted by Crippen LogP contribution is 2.43. The minimum atomic E-state index is 0.682. The van der Waals surface area contributed by atoms with E-state index in [9.17, 15) is 0 Å². The van der Waals surface area contributed by atoms with Crippen LogP contribution in [-0.4, -0.2) is 36.6 Å². The summed E-state index contributed by atoms with van der Waals surface area (Å²) in [5.74, 6) is 2.18. The molecule has 0 amide bonds. The molecule has 19 heavy (non-hydrogen) atoms. The van der Waals surface area contributed by atoms with Gasteiger partial charge in [-0.25, -0.2) is 0 Å². The van der Waals surface area contributed by atoms with Crippen molar-refractivity contribution in [3.63, 3.8) is 0 Å². The van der Waals surface area contributed by atoms with Gasteiger partial charge in [0.1, 0.15) is 0 Å². The molecule has 0 spiro atoms. The summed E-state index contributed by atoms with van der Waals surface area (Å²) in [6, 6.07) is 1.50. The molecule has 110 valence electrons. The Balaban J connectivity index is 1.39. The fourth-order valence-corrected chi connectivity index (χ4v) is 4.36. The molecule has 0 aromatic heterocycles. The Bertz CT molecular complexity index is 268. The highest BCUT2D eigenvalue weighted by Gasteiger charge is 2.34. The predicted molar refractivity (Wildman–Crippen MR) is 81.4 cm³/mol. The summed E-state index contributed by atoms with van der Waals surface area (Å²) in [5.41, 5.74) is 0. The Hall–Kier alpha value is -0.0800. The highest BCUT2D eigenvalue weighted by atomic mass is 15.2. The average Bonchev–Trinajstić information content (AvgIpc) is 3.24. The lowest BCUT2D eigenvalue weighted by molar-refractivity contribution is 0.188. The molecule has 3 atom stereocenters. The van der Waals surface area contributed by atoms with Crippen LogP contribution in [0.15, 0.2) is 0 Å². The lowest BCUT2D eigenvalue weighted by Gasteiger charge is -2.34.